The molecule has 1 aromatic rings. The maximum absolute atomic E-state index is 12.5. The van der Waals surface area contributed by atoms with Crippen molar-refractivity contribution in [2.45, 2.75) is 51.1 Å². The molecule has 3 aliphatic rings. The Hall–Kier alpha value is -2.70. The van der Waals surface area contributed by atoms with E-state index in [4.69, 9.17) is 0 Å². The summed E-state index contributed by atoms with van der Waals surface area (Å²) < 4.78 is 0. The van der Waals surface area contributed by atoms with Gasteiger partial charge in [0.05, 0.1) is 6.54 Å². The molecule has 1 aromatic carbocycles. The summed E-state index contributed by atoms with van der Waals surface area (Å²) >= 11 is 0. The number of nitrogens with one attached hydrogen (secondary N) is 1. The lowest BCUT2D eigenvalue weighted by atomic mass is 10.0. The quantitative estimate of drug-likeness (QED) is 0.780. The van der Waals surface area contributed by atoms with Crippen LogP contribution in [0, 0.1) is 5.92 Å². The first-order valence-electron chi connectivity index (χ1n) is 10.0. The number of hydrogen-bond donors (Lipinski definition) is 1. The monoisotopic (exact) mass is 383 g/mol. The molecule has 0 bridgehead atoms. The van der Waals surface area contributed by atoms with Gasteiger partial charge in [-0.1, -0.05) is 12.1 Å². The third kappa shape index (κ3) is 4.08. The summed E-state index contributed by atoms with van der Waals surface area (Å²) in [5.74, 6) is 0.106. The van der Waals surface area contributed by atoms with Crippen molar-refractivity contribution in [1.29, 1.82) is 0 Å². The van der Waals surface area contributed by atoms with Crippen molar-refractivity contribution >= 4 is 23.6 Å². The molecule has 1 N–H and O–H groups in total. The third-order valence-electron chi connectivity index (χ3n) is 5.78. The highest BCUT2D eigenvalue weighted by Crippen LogP contribution is 2.31. The Morgan fingerprint density at radius 3 is 2.11 bits per heavy atom. The molecule has 4 amide bonds. The van der Waals surface area contributed by atoms with Crippen LogP contribution in [0.3, 0.4) is 0 Å². The molecule has 0 atom stereocenters. The zero-order valence-electron chi connectivity index (χ0n) is 15.9. The molecule has 7 nitrogen and oxygen atoms in total. The Morgan fingerprint density at radius 2 is 1.54 bits per heavy atom. The van der Waals surface area contributed by atoms with E-state index in [1.165, 1.54) is 4.90 Å². The van der Waals surface area contributed by atoms with Gasteiger partial charge in [0.2, 0.25) is 17.7 Å². The van der Waals surface area contributed by atoms with Crippen LogP contribution in [0.5, 0.6) is 0 Å². The van der Waals surface area contributed by atoms with Crippen LogP contribution in [0.15, 0.2) is 24.3 Å². The summed E-state index contributed by atoms with van der Waals surface area (Å²) in [6.45, 7) is 1.67. The van der Waals surface area contributed by atoms with Crippen molar-refractivity contribution < 1.29 is 19.2 Å². The van der Waals surface area contributed by atoms with E-state index in [0.29, 0.717) is 18.7 Å². The van der Waals surface area contributed by atoms with E-state index in [2.05, 4.69) is 5.32 Å². The Balaban J connectivity index is 1.27. The molecule has 2 saturated heterocycles. The van der Waals surface area contributed by atoms with Gasteiger partial charge in [-0.3, -0.25) is 24.1 Å². The van der Waals surface area contributed by atoms with Gasteiger partial charge in [0.1, 0.15) is 0 Å². The SMILES string of the molecule is O=C(NC1CCN(C(=O)C2CC2)CC1)c1ccc(CN2C(=O)CCC2=O)cc1. The van der Waals surface area contributed by atoms with E-state index < -0.39 is 0 Å². The second kappa shape index (κ2) is 7.73. The Morgan fingerprint density at radius 1 is 0.929 bits per heavy atom. The first-order chi connectivity index (χ1) is 13.5. The van der Waals surface area contributed by atoms with Gasteiger partial charge < -0.3 is 10.2 Å². The zero-order chi connectivity index (χ0) is 19.7. The highest BCUT2D eigenvalue weighted by Gasteiger charge is 2.35. The third-order valence-corrected chi connectivity index (χ3v) is 5.78. The van der Waals surface area contributed by atoms with E-state index in [1.807, 2.05) is 4.90 Å². The van der Waals surface area contributed by atoms with E-state index >= 15 is 0 Å². The minimum atomic E-state index is -0.140. The highest BCUT2D eigenvalue weighted by molar-refractivity contribution is 6.01. The number of benzene rings is 1. The van der Waals surface area contributed by atoms with Gasteiger partial charge in [0.15, 0.2) is 0 Å². The van der Waals surface area contributed by atoms with E-state index in [0.717, 1.165) is 31.2 Å². The Kier molecular flexibility index (Phi) is 5.15. The molecule has 0 radical (unpaired) electrons. The number of hydrogen-bond acceptors (Lipinski definition) is 4. The average Bonchev–Trinajstić information content (AvgIpc) is 3.51. The first kappa shape index (κ1) is 18.7. The van der Waals surface area contributed by atoms with Crippen LogP contribution in [0.2, 0.25) is 0 Å². The number of amides is 4. The maximum atomic E-state index is 12.5. The molecule has 7 heteroatoms. The molecule has 1 aliphatic carbocycles. The molecule has 4 rings (SSSR count). The normalized spacial score (nSPS) is 20.6. The minimum Gasteiger partial charge on any atom is -0.349 e. The molecule has 148 valence electrons. The Labute approximate surface area is 164 Å². The molecule has 3 fully saturated rings. The predicted molar refractivity (Wildman–Crippen MR) is 101 cm³/mol. The molecule has 0 aromatic heterocycles. The van der Waals surface area contributed by atoms with Crippen LogP contribution in [-0.2, 0) is 20.9 Å². The van der Waals surface area contributed by atoms with Crippen molar-refractivity contribution in [1.82, 2.24) is 15.1 Å². The van der Waals surface area contributed by atoms with E-state index in [-0.39, 0.29) is 55.0 Å². The fraction of sp³-hybridized carbons (Fsp3) is 0.524. The fourth-order valence-electron chi connectivity index (χ4n) is 3.84. The summed E-state index contributed by atoms with van der Waals surface area (Å²) in [5, 5.41) is 3.05. The van der Waals surface area contributed by atoms with Gasteiger partial charge in [0.25, 0.3) is 5.91 Å². The van der Waals surface area contributed by atoms with Crippen LogP contribution in [0.4, 0.5) is 0 Å². The summed E-state index contributed by atoms with van der Waals surface area (Å²) in [6.07, 6.45) is 4.16. The number of carbonyl (C=O) groups excluding carboxylic acids is 4. The van der Waals surface area contributed by atoms with Gasteiger partial charge in [-0.2, -0.15) is 0 Å². The summed E-state index contributed by atoms with van der Waals surface area (Å²) in [7, 11) is 0. The Bertz CT molecular complexity index is 776. The molecule has 1 saturated carbocycles. The molecular weight excluding hydrogens is 358 g/mol. The first-order valence-corrected chi connectivity index (χ1v) is 10.0. The van der Waals surface area contributed by atoms with Crippen molar-refractivity contribution in [2.24, 2.45) is 5.92 Å². The molecule has 2 heterocycles. The van der Waals surface area contributed by atoms with Gasteiger partial charge in [-0.25, -0.2) is 0 Å². The number of rotatable bonds is 5. The second-order valence-electron chi connectivity index (χ2n) is 7.92. The zero-order valence-corrected chi connectivity index (χ0v) is 15.9. The standard InChI is InChI=1S/C21H25N3O4/c25-18-7-8-19(26)24(18)13-14-1-3-15(4-2-14)20(27)22-17-9-11-23(12-10-17)21(28)16-5-6-16/h1-4,16-17H,5-13H2,(H,22,27). The van der Waals surface area contributed by atoms with Crippen LogP contribution >= 0.6 is 0 Å². The van der Waals surface area contributed by atoms with Gasteiger partial charge >= 0.3 is 0 Å². The van der Waals surface area contributed by atoms with E-state index in [9.17, 15) is 19.2 Å². The largest absolute Gasteiger partial charge is 0.349 e. The van der Waals surface area contributed by atoms with Crippen molar-refractivity contribution in [3.8, 4) is 0 Å². The molecule has 0 spiro atoms. The highest BCUT2D eigenvalue weighted by atomic mass is 16.2. The van der Waals surface area contributed by atoms with Gasteiger partial charge in [-0.15, -0.1) is 0 Å². The summed E-state index contributed by atoms with van der Waals surface area (Å²) in [6, 6.07) is 7.09. The predicted octanol–water partition coefficient (Wildman–Crippen LogP) is 1.47. The second-order valence-corrected chi connectivity index (χ2v) is 7.92. The molecule has 0 unspecified atom stereocenters. The molecule has 28 heavy (non-hydrogen) atoms. The number of likely N-dealkylation sites (tertiary alicyclic amines) is 2. The molecular formula is C21H25N3O4. The lowest BCUT2D eigenvalue weighted by molar-refractivity contribution is -0.139. The van der Waals surface area contributed by atoms with Crippen LogP contribution in [0.1, 0.15) is 54.4 Å². The number of piperidine rings is 1. The van der Waals surface area contributed by atoms with Crippen molar-refractivity contribution in [3.63, 3.8) is 0 Å². The minimum absolute atomic E-state index is 0.0790. The van der Waals surface area contributed by atoms with Crippen molar-refractivity contribution in [2.75, 3.05) is 13.1 Å². The van der Waals surface area contributed by atoms with Gasteiger partial charge in [0, 0.05) is 43.5 Å². The fourth-order valence-corrected chi connectivity index (χ4v) is 3.84. The van der Waals surface area contributed by atoms with Crippen molar-refractivity contribution in [3.05, 3.63) is 35.4 Å². The number of nitrogens with zero attached hydrogens (tertiary/aromatic N) is 2. The van der Waals surface area contributed by atoms with Crippen LogP contribution in [-0.4, -0.2) is 52.6 Å². The summed E-state index contributed by atoms with van der Waals surface area (Å²) in [5.41, 5.74) is 1.38. The summed E-state index contributed by atoms with van der Waals surface area (Å²) in [4.78, 5) is 51.2. The average molecular weight is 383 g/mol. The van der Waals surface area contributed by atoms with Gasteiger partial charge in [-0.05, 0) is 43.4 Å². The lowest BCUT2D eigenvalue weighted by Gasteiger charge is -2.32. The van der Waals surface area contributed by atoms with E-state index in [1.54, 1.807) is 24.3 Å². The van der Waals surface area contributed by atoms with Crippen LogP contribution in [0.25, 0.3) is 0 Å². The topological polar surface area (TPSA) is 86.8 Å². The maximum Gasteiger partial charge on any atom is 0.251 e. The van der Waals surface area contributed by atoms with Crippen LogP contribution < -0.4 is 5.32 Å². The smallest absolute Gasteiger partial charge is 0.251 e. The number of imide groups is 1. The number of carbonyl (C=O) groups is 4. The lowest BCUT2D eigenvalue weighted by Crippen LogP contribution is -2.47. The molecule has 2 aliphatic heterocycles.